The van der Waals surface area contributed by atoms with E-state index in [0.29, 0.717) is 41.0 Å². The predicted octanol–water partition coefficient (Wildman–Crippen LogP) is 6.38. The molecule has 5 aromatic rings. The molecule has 10 heteroatoms. The van der Waals surface area contributed by atoms with E-state index in [1.165, 1.54) is 10.1 Å². The van der Waals surface area contributed by atoms with Gasteiger partial charge < -0.3 is 9.13 Å². The summed E-state index contributed by atoms with van der Waals surface area (Å²) in [5, 5.41) is 8.92. The standard InChI is InChI=1S/C30H30F3N7/c1-17(2)21-7-5-6-8-22(21)26-36-24(19-13-14-19)25-28(37-26)40(29(34)39(25)4)15-18-9-11-20(12-10-18)27-35-23(16-38(27)3)30(31,32)33/h5-12,16-17,19,34H,13-15H2,1-4H3. The highest BCUT2D eigenvalue weighted by molar-refractivity contribution is 5.79. The molecular weight excluding hydrogens is 515 g/mol. The summed E-state index contributed by atoms with van der Waals surface area (Å²) in [6.45, 7) is 4.70. The van der Waals surface area contributed by atoms with Gasteiger partial charge >= 0.3 is 6.18 Å². The minimum atomic E-state index is -4.50. The highest BCUT2D eigenvalue weighted by Crippen LogP contribution is 2.42. The molecular formula is C30H30F3N7. The monoisotopic (exact) mass is 545 g/mol. The van der Waals surface area contributed by atoms with Crippen molar-refractivity contribution >= 4 is 11.2 Å². The Balaban J connectivity index is 1.42. The molecule has 0 amide bonds. The first kappa shape index (κ1) is 26.0. The second kappa shape index (κ2) is 9.46. The fraction of sp³-hybridized carbons (Fsp3) is 0.333. The van der Waals surface area contributed by atoms with Gasteiger partial charge in [-0.15, -0.1) is 0 Å². The third-order valence-electron chi connectivity index (χ3n) is 7.56. The molecule has 0 aliphatic heterocycles. The van der Waals surface area contributed by atoms with Gasteiger partial charge in [-0.1, -0.05) is 62.4 Å². The van der Waals surface area contributed by atoms with Crippen LogP contribution in [-0.4, -0.2) is 28.7 Å². The number of hydrogen-bond acceptors (Lipinski definition) is 4. The SMILES string of the molecule is CC(C)c1ccccc1-c1nc(C2CC2)c2c(n1)n(Cc1ccc(-c3nc(C(F)(F)F)cn3C)cc1)c(=N)n2C. The van der Waals surface area contributed by atoms with Gasteiger partial charge in [0.25, 0.3) is 0 Å². The molecule has 1 aliphatic rings. The van der Waals surface area contributed by atoms with Gasteiger partial charge in [0.1, 0.15) is 11.3 Å². The number of aryl methyl sites for hydroxylation is 2. The molecule has 1 N–H and O–H groups in total. The van der Waals surface area contributed by atoms with Crippen LogP contribution in [0.2, 0.25) is 0 Å². The number of nitrogens with zero attached hydrogens (tertiary/aromatic N) is 6. The van der Waals surface area contributed by atoms with Gasteiger partial charge in [-0.3, -0.25) is 9.98 Å². The van der Waals surface area contributed by atoms with Crippen LogP contribution in [0.4, 0.5) is 13.2 Å². The zero-order valence-electron chi connectivity index (χ0n) is 22.8. The number of fused-ring (bicyclic) bond motifs is 1. The fourth-order valence-electron chi connectivity index (χ4n) is 5.29. The van der Waals surface area contributed by atoms with Gasteiger partial charge in [0, 0.05) is 37.3 Å². The van der Waals surface area contributed by atoms with Crippen LogP contribution in [0.3, 0.4) is 0 Å². The van der Waals surface area contributed by atoms with Crippen molar-refractivity contribution in [2.24, 2.45) is 14.1 Å². The summed E-state index contributed by atoms with van der Waals surface area (Å²) >= 11 is 0. The molecule has 0 radical (unpaired) electrons. The summed E-state index contributed by atoms with van der Waals surface area (Å²) in [6, 6.07) is 15.5. The van der Waals surface area contributed by atoms with Crippen LogP contribution >= 0.6 is 0 Å². The molecule has 0 spiro atoms. The lowest BCUT2D eigenvalue weighted by Gasteiger charge is -2.13. The summed E-state index contributed by atoms with van der Waals surface area (Å²) in [5.74, 6) is 1.58. The van der Waals surface area contributed by atoms with E-state index in [0.717, 1.165) is 41.4 Å². The van der Waals surface area contributed by atoms with Gasteiger partial charge in [0.15, 0.2) is 17.2 Å². The maximum Gasteiger partial charge on any atom is 0.434 e. The highest BCUT2D eigenvalue weighted by atomic mass is 19.4. The van der Waals surface area contributed by atoms with Crippen molar-refractivity contribution in [1.29, 1.82) is 5.41 Å². The third kappa shape index (κ3) is 4.51. The van der Waals surface area contributed by atoms with E-state index in [4.69, 9.17) is 15.4 Å². The highest BCUT2D eigenvalue weighted by Gasteiger charge is 2.34. The molecule has 206 valence electrons. The molecule has 3 aromatic heterocycles. The van der Waals surface area contributed by atoms with Crippen LogP contribution in [0.25, 0.3) is 33.9 Å². The van der Waals surface area contributed by atoms with E-state index in [-0.39, 0.29) is 5.82 Å². The van der Waals surface area contributed by atoms with Crippen LogP contribution in [0.5, 0.6) is 0 Å². The quantitative estimate of drug-likeness (QED) is 0.269. The van der Waals surface area contributed by atoms with Crippen molar-refractivity contribution in [2.45, 2.75) is 51.2 Å². The van der Waals surface area contributed by atoms with Gasteiger partial charge in [0.05, 0.1) is 12.2 Å². The molecule has 3 heterocycles. The van der Waals surface area contributed by atoms with Gasteiger partial charge in [-0.05, 0) is 29.9 Å². The Morgan fingerprint density at radius 2 is 1.68 bits per heavy atom. The van der Waals surface area contributed by atoms with E-state index in [1.807, 2.05) is 40.4 Å². The molecule has 6 rings (SSSR count). The molecule has 2 aromatic carbocycles. The van der Waals surface area contributed by atoms with E-state index in [2.05, 4.69) is 31.0 Å². The predicted molar refractivity (Wildman–Crippen MR) is 147 cm³/mol. The van der Waals surface area contributed by atoms with Crippen molar-refractivity contribution in [3.8, 4) is 22.8 Å². The molecule has 1 fully saturated rings. The van der Waals surface area contributed by atoms with Crippen molar-refractivity contribution < 1.29 is 13.2 Å². The number of benzene rings is 2. The summed E-state index contributed by atoms with van der Waals surface area (Å²) < 4.78 is 44.5. The average Bonchev–Trinajstić information content (AvgIpc) is 3.66. The summed E-state index contributed by atoms with van der Waals surface area (Å²) in [5.41, 5.74) is 5.63. The van der Waals surface area contributed by atoms with Crippen molar-refractivity contribution in [3.05, 3.63) is 82.9 Å². The third-order valence-corrected chi connectivity index (χ3v) is 7.56. The largest absolute Gasteiger partial charge is 0.434 e. The summed E-state index contributed by atoms with van der Waals surface area (Å²) in [7, 11) is 3.43. The number of nitrogens with one attached hydrogen (secondary N) is 1. The Kier molecular flexibility index (Phi) is 6.16. The lowest BCUT2D eigenvalue weighted by Crippen LogP contribution is -2.23. The minimum Gasteiger partial charge on any atom is -0.333 e. The van der Waals surface area contributed by atoms with Crippen molar-refractivity contribution in [1.82, 2.24) is 28.7 Å². The first-order valence-electron chi connectivity index (χ1n) is 13.3. The van der Waals surface area contributed by atoms with Crippen LogP contribution < -0.4 is 5.62 Å². The van der Waals surface area contributed by atoms with Crippen molar-refractivity contribution in [3.63, 3.8) is 0 Å². The molecule has 1 saturated carbocycles. The van der Waals surface area contributed by atoms with Crippen LogP contribution in [-0.2, 0) is 26.8 Å². The lowest BCUT2D eigenvalue weighted by molar-refractivity contribution is -0.140. The van der Waals surface area contributed by atoms with E-state index in [1.54, 1.807) is 19.2 Å². The Morgan fingerprint density at radius 3 is 2.30 bits per heavy atom. The number of alkyl halides is 3. The second-order valence-electron chi connectivity index (χ2n) is 10.8. The van der Waals surface area contributed by atoms with Gasteiger partial charge in [-0.25, -0.2) is 15.0 Å². The minimum absolute atomic E-state index is 0.244. The molecule has 0 atom stereocenters. The summed E-state index contributed by atoms with van der Waals surface area (Å²) in [4.78, 5) is 13.9. The Labute approximate surface area is 229 Å². The first-order chi connectivity index (χ1) is 19.0. The van der Waals surface area contributed by atoms with E-state index < -0.39 is 11.9 Å². The number of rotatable bonds is 6. The number of imidazole rings is 2. The van der Waals surface area contributed by atoms with Crippen LogP contribution in [0.1, 0.15) is 61.0 Å². The lowest BCUT2D eigenvalue weighted by atomic mass is 9.97. The Hall–Kier alpha value is -4.21. The van der Waals surface area contributed by atoms with Gasteiger partial charge in [-0.2, -0.15) is 13.2 Å². The van der Waals surface area contributed by atoms with Crippen molar-refractivity contribution in [2.75, 3.05) is 0 Å². The summed E-state index contributed by atoms with van der Waals surface area (Å²) in [6.07, 6.45) is -1.36. The number of aromatic nitrogens is 6. The number of halogens is 3. The molecule has 0 bridgehead atoms. The first-order valence-corrected chi connectivity index (χ1v) is 13.3. The fourth-order valence-corrected chi connectivity index (χ4v) is 5.29. The molecule has 40 heavy (non-hydrogen) atoms. The molecule has 0 saturated heterocycles. The van der Waals surface area contributed by atoms with E-state index in [9.17, 15) is 13.2 Å². The van der Waals surface area contributed by atoms with Crippen LogP contribution in [0, 0.1) is 5.41 Å². The molecule has 7 nitrogen and oxygen atoms in total. The normalized spacial score (nSPS) is 14.0. The van der Waals surface area contributed by atoms with Gasteiger partial charge in [0.2, 0.25) is 5.62 Å². The maximum absolute atomic E-state index is 13.1. The second-order valence-corrected chi connectivity index (χ2v) is 10.8. The van der Waals surface area contributed by atoms with Crippen LogP contribution in [0.15, 0.2) is 54.7 Å². The zero-order valence-corrected chi connectivity index (χ0v) is 22.8. The molecule has 1 aliphatic carbocycles. The maximum atomic E-state index is 13.1. The Morgan fingerprint density at radius 1 is 0.975 bits per heavy atom. The zero-order chi connectivity index (χ0) is 28.3. The smallest absolute Gasteiger partial charge is 0.333 e. The average molecular weight is 546 g/mol. The Bertz CT molecular complexity index is 1790. The van der Waals surface area contributed by atoms with E-state index >= 15 is 0 Å². The number of hydrogen-bond donors (Lipinski definition) is 1. The molecule has 0 unspecified atom stereocenters. The topological polar surface area (TPSA) is 77.3 Å².